The number of nitrogens with one attached hydrogen (secondary N) is 1. The lowest BCUT2D eigenvalue weighted by Gasteiger charge is -2.16. The topological polar surface area (TPSA) is 32.3 Å². The lowest BCUT2D eigenvalue weighted by molar-refractivity contribution is -0.130. The van der Waals surface area contributed by atoms with Gasteiger partial charge in [0.25, 0.3) is 0 Å². The van der Waals surface area contributed by atoms with E-state index in [9.17, 15) is 4.79 Å². The second-order valence-electron chi connectivity index (χ2n) is 2.79. The van der Waals surface area contributed by atoms with Gasteiger partial charge >= 0.3 is 0 Å². The van der Waals surface area contributed by atoms with E-state index in [-0.39, 0.29) is 11.9 Å². The third kappa shape index (κ3) is 1.48. The number of hydrogen-bond donors (Lipinski definition) is 1. The average molecular weight is 142 g/mol. The number of carbonyl (C=O) groups is 1. The summed E-state index contributed by atoms with van der Waals surface area (Å²) in [5.41, 5.74) is 0. The first kappa shape index (κ1) is 7.54. The van der Waals surface area contributed by atoms with Crippen LogP contribution < -0.4 is 5.32 Å². The van der Waals surface area contributed by atoms with Crippen molar-refractivity contribution in [1.29, 1.82) is 0 Å². The van der Waals surface area contributed by atoms with E-state index in [2.05, 4.69) is 5.32 Å². The normalized spacial score (nSPS) is 28.4. The highest BCUT2D eigenvalue weighted by Gasteiger charge is 2.18. The molecule has 1 saturated heterocycles. The molecule has 1 atom stereocenters. The van der Waals surface area contributed by atoms with E-state index in [1.54, 1.807) is 4.90 Å². The molecule has 0 spiro atoms. The first-order valence-electron chi connectivity index (χ1n) is 3.70. The first-order valence-corrected chi connectivity index (χ1v) is 3.70. The van der Waals surface area contributed by atoms with Gasteiger partial charge in [0, 0.05) is 13.6 Å². The number of amides is 1. The highest BCUT2D eigenvalue weighted by atomic mass is 16.2. The molecule has 1 N–H and O–H groups in total. The van der Waals surface area contributed by atoms with Gasteiger partial charge in [-0.1, -0.05) is 0 Å². The van der Waals surface area contributed by atoms with Gasteiger partial charge in [0.1, 0.15) is 0 Å². The van der Waals surface area contributed by atoms with Crippen molar-refractivity contribution in [2.45, 2.75) is 19.4 Å². The summed E-state index contributed by atoms with van der Waals surface area (Å²) in [6, 6.07) is 0.00694. The minimum Gasteiger partial charge on any atom is -0.344 e. The summed E-state index contributed by atoms with van der Waals surface area (Å²) in [5, 5.41) is 3.13. The molecule has 0 aromatic carbocycles. The van der Waals surface area contributed by atoms with Gasteiger partial charge in [-0.25, -0.2) is 0 Å². The molecular weight excluding hydrogens is 128 g/mol. The molecule has 1 heterocycles. The maximum absolute atomic E-state index is 11.2. The fourth-order valence-electron chi connectivity index (χ4n) is 1.16. The van der Waals surface area contributed by atoms with Crippen LogP contribution in [0, 0.1) is 0 Å². The maximum atomic E-state index is 11.2. The summed E-state index contributed by atoms with van der Waals surface area (Å²) < 4.78 is 0. The molecule has 1 fully saturated rings. The minimum atomic E-state index is 0.00694. The molecule has 0 bridgehead atoms. The molecule has 0 radical (unpaired) electrons. The summed E-state index contributed by atoms with van der Waals surface area (Å²) in [6.07, 6.45) is 1.06. The number of nitrogens with zero attached hydrogens (tertiary/aromatic N) is 1. The Kier molecular flexibility index (Phi) is 2.27. The zero-order valence-corrected chi connectivity index (χ0v) is 6.55. The molecular formula is C7H14N2O. The zero-order valence-electron chi connectivity index (χ0n) is 6.55. The predicted octanol–water partition coefficient (Wildman–Crippen LogP) is -0.173. The zero-order chi connectivity index (χ0) is 7.56. The van der Waals surface area contributed by atoms with Crippen LogP contribution in [-0.2, 0) is 4.79 Å². The van der Waals surface area contributed by atoms with Gasteiger partial charge in [0.2, 0.25) is 5.91 Å². The molecule has 3 heteroatoms. The van der Waals surface area contributed by atoms with Crippen LogP contribution in [0.15, 0.2) is 0 Å². The number of likely N-dealkylation sites (N-methyl/N-ethyl adjacent to an activating group) is 1. The van der Waals surface area contributed by atoms with E-state index in [0.29, 0.717) is 0 Å². The number of rotatable bonds is 0. The lowest BCUT2D eigenvalue weighted by Crippen LogP contribution is -2.39. The van der Waals surface area contributed by atoms with E-state index in [0.717, 1.165) is 19.5 Å². The van der Waals surface area contributed by atoms with Gasteiger partial charge in [-0.05, 0) is 19.9 Å². The van der Waals surface area contributed by atoms with Crippen LogP contribution in [-0.4, -0.2) is 37.0 Å². The van der Waals surface area contributed by atoms with Crippen LogP contribution in [0.5, 0.6) is 0 Å². The molecule has 0 aliphatic carbocycles. The Hall–Kier alpha value is -0.570. The van der Waals surface area contributed by atoms with Crippen molar-refractivity contribution in [2.24, 2.45) is 0 Å². The Bertz CT molecular complexity index is 122. The Morgan fingerprint density at radius 2 is 2.40 bits per heavy atom. The van der Waals surface area contributed by atoms with Crippen LogP contribution >= 0.6 is 0 Å². The third-order valence-electron chi connectivity index (χ3n) is 1.87. The van der Waals surface area contributed by atoms with Crippen molar-refractivity contribution in [3.63, 3.8) is 0 Å². The van der Waals surface area contributed by atoms with Crippen LogP contribution in [0.1, 0.15) is 13.3 Å². The van der Waals surface area contributed by atoms with Crippen molar-refractivity contribution < 1.29 is 4.79 Å². The molecule has 1 amide bonds. The Morgan fingerprint density at radius 1 is 1.70 bits per heavy atom. The molecule has 10 heavy (non-hydrogen) atoms. The van der Waals surface area contributed by atoms with Gasteiger partial charge in [-0.15, -0.1) is 0 Å². The smallest absolute Gasteiger partial charge is 0.239 e. The van der Waals surface area contributed by atoms with Gasteiger partial charge < -0.3 is 10.2 Å². The predicted molar refractivity (Wildman–Crippen MR) is 39.7 cm³/mol. The Labute approximate surface area is 61.4 Å². The number of carbonyl (C=O) groups excluding carboxylic acids is 1. The second kappa shape index (κ2) is 3.01. The van der Waals surface area contributed by atoms with Crippen molar-refractivity contribution in [1.82, 2.24) is 10.2 Å². The van der Waals surface area contributed by atoms with Crippen LogP contribution in [0.4, 0.5) is 0 Å². The van der Waals surface area contributed by atoms with Gasteiger partial charge in [0.05, 0.1) is 6.04 Å². The monoisotopic (exact) mass is 142 g/mol. The summed E-state index contributed by atoms with van der Waals surface area (Å²) in [4.78, 5) is 13.0. The van der Waals surface area contributed by atoms with E-state index < -0.39 is 0 Å². The first-order chi connectivity index (χ1) is 4.72. The molecule has 58 valence electrons. The highest BCUT2D eigenvalue weighted by molar-refractivity contribution is 5.81. The quantitative estimate of drug-likeness (QED) is 0.509. The SMILES string of the molecule is CC1NCCCN(C)C1=O. The van der Waals surface area contributed by atoms with Crippen molar-refractivity contribution in [2.75, 3.05) is 20.1 Å². The molecule has 0 aromatic heterocycles. The van der Waals surface area contributed by atoms with Crippen molar-refractivity contribution in [3.05, 3.63) is 0 Å². The van der Waals surface area contributed by atoms with Gasteiger partial charge in [-0.3, -0.25) is 4.79 Å². The van der Waals surface area contributed by atoms with Crippen LogP contribution in [0.25, 0.3) is 0 Å². The third-order valence-corrected chi connectivity index (χ3v) is 1.87. The second-order valence-corrected chi connectivity index (χ2v) is 2.79. The molecule has 3 nitrogen and oxygen atoms in total. The maximum Gasteiger partial charge on any atom is 0.239 e. The van der Waals surface area contributed by atoms with E-state index >= 15 is 0 Å². The molecule has 1 rings (SSSR count). The van der Waals surface area contributed by atoms with E-state index in [4.69, 9.17) is 0 Å². The van der Waals surface area contributed by atoms with Crippen LogP contribution in [0.3, 0.4) is 0 Å². The Balaban J connectivity index is 2.55. The fraction of sp³-hybridized carbons (Fsp3) is 0.857. The lowest BCUT2D eigenvalue weighted by atomic mass is 10.3. The summed E-state index contributed by atoms with van der Waals surface area (Å²) >= 11 is 0. The van der Waals surface area contributed by atoms with Crippen molar-refractivity contribution in [3.8, 4) is 0 Å². The molecule has 0 aromatic rings. The highest BCUT2D eigenvalue weighted by Crippen LogP contribution is 1.97. The van der Waals surface area contributed by atoms with E-state index in [1.165, 1.54) is 0 Å². The summed E-state index contributed by atoms with van der Waals surface area (Å²) in [7, 11) is 1.85. The minimum absolute atomic E-state index is 0.00694. The standard InChI is InChI=1S/C7H14N2O/c1-6-7(10)9(2)5-3-4-8-6/h6,8H,3-5H2,1-2H3. The molecule has 1 aliphatic heterocycles. The van der Waals surface area contributed by atoms with Gasteiger partial charge in [0.15, 0.2) is 0 Å². The Morgan fingerprint density at radius 3 is 3.10 bits per heavy atom. The molecule has 1 unspecified atom stereocenters. The molecule has 1 aliphatic rings. The molecule has 0 saturated carbocycles. The fourth-order valence-corrected chi connectivity index (χ4v) is 1.16. The number of hydrogen-bond acceptors (Lipinski definition) is 2. The van der Waals surface area contributed by atoms with Gasteiger partial charge in [-0.2, -0.15) is 0 Å². The van der Waals surface area contributed by atoms with Crippen LogP contribution in [0.2, 0.25) is 0 Å². The van der Waals surface area contributed by atoms with Crippen molar-refractivity contribution >= 4 is 5.91 Å². The summed E-state index contributed by atoms with van der Waals surface area (Å²) in [5.74, 6) is 0.206. The summed E-state index contributed by atoms with van der Waals surface area (Å²) in [6.45, 7) is 3.75. The average Bonchev–Trinajstić information content (AvgIpc) is 2.04. The van der Waals surface area contributed by atoms with E-state index in [1.807, 2.05) is 14.0 Å². The largest absolute Gasteiger partial charge is 0.344 e.